The fourth-order valence-corrected chi connectivity index (χ4v) is 5.47. The Balaban J connectivity index is 1.75. The molecule has 1 atom stereocenters. The highest BCUT2D eigenvalue weighted by Crippen LogP contribution is 2.45. The van der Waals surface area contributed by atoms with Crippen molar-refractivity contribution in [3.63, 3.8) is 0 Å². The van der Waals surface area contributed by atoms with E-state index >= 15 is 0 Å². The average Bonchev–Trinajstić information content (AvgIpc) is 3.38. The molecule has 4 aromatic rings. The minimum atomic E-state index is -1.01. The van der Waals surface area contributed by atoms with Gasteiger partial charge in [0, 0.05) is 17.7 Å². The van der Waals surface area contributed by atoms with Crippen molar-refractivity contribution in [1.82, 2.24) is 4.98 Å². The number of carbonyl (C=O) groups excluding carboxylic acids is 2. The number of aliphatic hydroxyl groups excluding tert-OH is 1. The van der Waals surface area contributed by atoms with Gasteiger partial charge in [0.1, 0.15) is 5.76 Å². The lowest BCUT2D eigenvalue weighted by Gasteiger charge is -2.23. The number of hydrogen-bond donors (Lipinski definition) is 1. The number of carbonyl (C=O) groups is 2. The molecule has 0 saturated carbocycles. The van der Waals surface area contributed by atoms with E-state index in [-0.39, 0.29) is 17.0 Å². The average molecular weight is 500 g/mol. The van der Waals surface area contributed by atoms with Gasteiger partial charge in [-0.1, -0.05) is 35.1 Å². The molecule has 1 aliphatic heterocycles. The van der Waals surface area contributed by atoms with Gasteiger partial charge in [-0.25, -0.2) is 4.98 Å². The number of nitro benzene ring substituents is 1. The first kappa shape index (κ1) is 23.4. The van der Waals surface area contributed by atoms with Crippen molar-refractivity contribution in [1.29, 1.82) is 0 Å². The van der Waals surface area contributed by atoms with Crippen LogP contribution in [0.15, 0.2) is 66.2 Å². The summed E-state index contributed by atoms with van der Waals surface area (Å²) in [6.45, 7) is 5.62. The van der Waals surface area contributed by atoms with Gasteiger partial charge >= 0.3 is 5.91 Å². The number of amides is 1. The summed E-state index contributed by atoms with van der Waals surface area (Å²) in [7, 11) is 0. The Morgan fingerprint density at radius 3 is 2.36 bits per heavy atom. The lowest BCUT2D eigenvalue weighted by molar-refractivity contribution is -0.384. The molecule has 8 nitrogen and oxygen atoms in total. The second kappa shape index (κ2) is 8.69. The van der Waals surface area contributed by atoms with Crippen molar-refractivity contribution in [2.24, 2.45) is 0 Å². The van der Waals surface area contributed by atoms with Crippen LogP contribution in [-0.2, 0) is 9.59 Å². The van der Waals surface area contributed by atoms with Crippen molar-refractivity contribution >= 4 is 49.8 Å². The number of anilines is 1. The first-order valence-corrected chi connectivity index (χ1v) is 12.0. The van der Waals surface area contributed by atoms with E-state index < -0.39 is 22.7 Å². The zero-order chi connectivity index (χ0) is 25.7. The number of Topliss-reactive ketones (excluding diaryl/α,β-unsaturated/α-hetero) is 1. The highest BCUT2D eigenvalue weighted by molar-refractivity contribution is 7.22. The zero-order valence-corrected chi connectivity index (χ0v) is 20.5. The first-order valence-electron chi connectivity index (χ1n) is 11.2. The number of rotatable bonds is 4. The highest BCUT2D eigenvalue weighted by Gasteiger charge is 2.48. The predicted molar refractivity (Wildman–Crippen MR) is 138 cm³/mol. The van der Waals surface area contributed by atoms with Crippen molar-refractivity contribution in [2.75, 3.05) is 4.90 Å². The van der Waals surface area contributed by atoms with Gasteiger partial charge in [-0.05, 0) is 67.8 Å². The number of nitrogens with zero attached hydrogens (tertiary/aromatic N) is 3. The second-order valence-electron chi connectivity index (χ2n) is 8.80. The summed E-state index contributed by atoms with van der Waals surface area (Å²) in [5.41, 5.74) is 4.01. The fraction of sp³-hybridized carbons (Fsp3) is 0.148. The molecule has 1 saturated heterocycles. The van der Waals surface area contributed by atoms with Crippen molar-refractivity contribution in [3.05, 3.63) is 104 Å². The standard InChI is InChI=1S/C27H21N3O5S/c1-14-4-6-16(3)19(12-14)24(31)22-23(17-7-9-18(10-8-17)30(34)35)29(26(33)25(22)32)27-28-20-11-5-15(2)13-21(20)36-27/h4-13,23,31H,1-3H3. The third-order valence-corrected chi connectivity index (χ3v) is 7.27. The van der Waals surface area contributed by atoms with E-state index in [0.717, 1.165) is 21.4 Å². The smallest absolute Gasteiger partial charge is 0.301 e. The van der Waals surface area contributed by atoms with Crippen LogP contribution < -0.4 is 4.90 Å². The Bertz CT molecular complexity index is 1600. The highest BCUT2D eigenvalue weighted by atomic mass is 32.1. The molecular weight excluding hydrogens is 478 g/mol. The number of hydrogen-bond acceptors (Lipinski definition) is 7. The second-order valence-corrected chi connectivity index (χ2v) is 9.81. The summed E-state index contributed by atoms with van der Waals surface area (Å²) in [6, 6.07) is 15.8. The van der Waals surface area contributed by atoms with Gasteiger partial charge in [-0.2, -0.15) is 0 Å². The minimum Gasteiger partial charge on any atom is -0.507 e. The number of aliphatic hydroxyl groups is 1. The predicted octanol–water partition coefficient (Wildman–Crippen LogP) is 5.76. The fourth-order valence-electron chi connectivity index (χ4n) is 4.38. The lowest BCUT2D eigenvalue weighted by atomic mass is 9.93. The molecule has 0 bridgehead atoms. The lowest BCUT2D eigenvalue weighted by Crippen LogP contribution is -2.29. The van der Waals surface area contributed by atoms with Gasteiger partial charge in [0.25, 0.3) is 11.5 Å². The number of ketones is 1. The monoisotopic (exact) mass is 499 g/mol. The molecule has 9 heteroatoms. The largest absolute Gasteiger partial charge is 0.507 e. The summed E-state index contributed by atoms with van der Waals surface area (Å²) >= 11 is 1.27. The van der Waals surface area contributed by atoms with E-state index in [4.69, 9.17) is 0 Å². The van der Waals surface area contributed by atoms with Crippen LogP contribution in [0, 0.1) is 30.9 Å². The number of aromatic nitrogens is 1. The number of benzene rings is 3. The number of non-ortho nitro benzene ring substituents is 1. The maximum absolute atomic E-state index is 13.4. The number of nitro groups is 1. The molecule has 36 heavy (non-hydrogen) atoms. The van der Waals surface area contributed by atoms with Crippen LogP contribution in [0.1, 0.15) is 33.9 Å². The van der Waals surface area contributed by atoms with E-state index in [2.05, 4.69) is 4.98 Å². The molecule has 1 N–H and O–H groups in total. The molecule has 0 aliphatic carbocycles. The first-order chi connectivity index (χ1) is 17.2. The molecule has 0 radical (unpaired) electrons. The van der Waals surface area contributed by atoms with Crippen LogP contribution in [-0.4, -0.2) is 26.7 Å². The summed E-state index contributed by atoms with van der Waals surface area (Å²) in [6.07, 6.45) is 0. The van der Waals surface area contributed by atoms with Crippen LogP contribution in [0.4, 0.5) is 10.8 Å². The van der Waals surface area contributed by atoms with Crippen molar-refractivity contribution < 1.29 is 19.6 Å². The summed E-state index contributed by atoms with van der Waals surface area (Å²) in [4.78, 5) is 43.3. The van der Waals surface area contributed by atoms with Gasteiger partial charge in [0.15, 0.2) is 5.13 Å². The third-order valence-electron chi connectivity index (χ3n) is 6.25. The van der Waals surface area contributed by atoms with Gasteiger partial charge < -0.3 is 5.11 Å². The number of thiazole rings is 1. The van der Waals surface area contributed by atoms with Crippen LogP contribution in [0.5, 0.6) is 0 Å². The summed E-state index contributed by atoms with van der Waals surface area (Å²) < 4.78 is 0.851. The third kappa shape index (κ3) is 3.83. The van der Waals surface area contributed by atoms with E-state index in [1.165, 1.54) is 40.5 Å². The summed E-state index contributed by atoms with van der Waals surface area (Å²) in [5, 5.41) is 22.9. The Morgan fingerprint density at radius 2 is 1.67 bits per heavy atom. The van der Waals surface area contributed by atoms with E-state index in [0.29, 0.717) is 21.8 Å². The summed E-state index contributed by atoms with van der Waals surface area (Å²) in [5.74, 6) is -1.95. The molecule has 3 aromatic carbocycles. The molecule has 1 amide bonds. The number of aryl methyl sites for hydroxylation is 3. The quantitative estimate of drug-likeness (QED) is 0.126. The Morgan fingerprint density at radius 1 is 1.00 bits per heavy atom. The molecule has 0 spiro atoms. The molecule has 180 valence electrons. The van der Waals surface area contributed by atoms with Crippen LogP contribution in [0.25, 0.3) is 16.0 Å². The zero-order valence-electron chi connectivity index (χ0n) is 19.7. The van der Waals surface area contributed by atoms with Crippen LogP contribution in [0.3, 0.4) is 0 Å². The molecule has 1 aromatic heterocycles. The molecular formula is C27H21N3O5S. The van der Waals surface area contributed by atoms with Crippen LogP contribution in [0.2, 0.25) is 0 Å². The minimum absolute atomic E-state index is 0.0852. The van der Waals surface area contributed by atoms with Crippen LogP contribution >= 0.6 is 11.3 Å². The van der Waals surface area contributed by atoms with Gasteiger partial charge in [-0.3, -0.25) is 24.6 Å². The maximum atomic E-state index is 13.4. The molecule has 1 fully saturated rings. The Kier molecular flexibility index (Phi) is 5.64. The van der Waals surface area contributed by atoms with Crippen molar-refractivity contribution in [2.45, 2.75) is 26.8 Å². The van der Waals surface area contributed by atoms with Crippen molar-refractivity contribution in [3.8, 4) is 0 Å². The molecule has 2 heterocycles. The molecule has 5 rings (SSSR count). The van der Waals surface area contributed by atoms with Gasteiger partial charge in [0.2, 0.25) is 0 Å². The Labute approximate surface area is 210 Å². The van der Waals surface area contributed by atoms with Gasteiger partial charge in [-0.15, -0.1) is 0 Å². The maximum Gasteiger partial charge on any atom is 0.301 e. The molecule has 1 aliphatic rings. The molecule has 1 unspecified atom stereocenters. The number of fused-ring (bicyclic) bond motifs is 1. The van der Waals surface area contributed by atoms with E-state index in [1.54, 1.807) is 13.0 Å². The van der Waals surface area contributed by atoms with E-state index in [1.807, 2.05) is 44.2 Å². The SMILES string of the molecule is Cc1ccc(C)c(C(O)=C2C(=O)C(=O)N(c3nc4ccc(C)cc4s3)C2c2ccc([N+](=O)[O-])cc2)c1. The topological polar surface area (TPSA) is 114 Å². The Hall–Kier alpha value is -4.37. The van der Waals surface area contributed by atoms with Gasteiger partial charge in [0.05, 0.1) is 26.8 Å². The normalized spacial score (nSPS) is 17.2. The van der Waals surface area contributed by atoms with E-state index in [9.17, 15) is 24.8 Å².